The van der Waals surface area contributed by atoms with Gasteiger partial charge in [0.2, 0.25) is 0 Å². The molecule has 2 rings (SSSR count). The quantitative estimate of drug-likeness (QED) is 0.778. The lowest BCUT2D eigenvalue weighted by Gasteiger charge is -2.32. The predicted molar refractivity (Wildman–Crippen MR) is 81.7 cm³/mol. The van der Waals surface area contributed by atoms with Crippen LogP contribution in [0.15, 0.2) is 0 Å². The fraction of sp³-hybridized carbons (Fsp3) is 1.00. The van der Waals surface area contributed by atoms with Crippen molar-refractivity contribution in [1.29, 1.82) is 0 Å². The second-order valence-corrected chi connectivity index (χ2v) is 8.06. The van der Waals surface area contributed by atoms with Crippen LogP contribution in [-0.4, -0.2) is 45.4 Å². The average molecular weight is 303 g/mol. The first-order valence-electron chi connectivity index (χ1n) is 7.95. The van der Waals surface area contributed by atoms with Gasteiger partial charge < -0.3 is 5.32 Å². The molecule has 1 aliphatic carbocycles. The standard InChI is InChI=1S/C14H29N3O2S/c1-12(14-5-3-4-6-14)16-20(18,19)17-9-7-13(8-10-17)11-15-2/h12-16H,3-11H2,1-2H3. The molecule has 2 N–H and O–H groups in total. The van der Waals surface area contributed by atoms with Crippen molar-refractivity contribution < 1.29 is 8.42 Å². The predicted octanol–water partition coefficient (Wildman–Crippen LogP) is 1.33. The van der Waals surface area contributed by atoms with Crippen LogP contribution < -0.4 is 10.0 Å². The Balaban J connectivity index is 1.84. The zero-order valence-corrected chi connectivity index (χ0v) is 13.6. The van der Waals surface area contributed by atoms with Crippen molar-refractivity contribution in [3.63, 3.8) is 0 Å². The van der Waals surface area contributed by atoms with Gasteiger partial charge in [-0.3, -0.25) is 0 Å². The number of nitrogens with one attached hydrogen (secondary N) is 2. The summed E-state index contributed by atoms with van der Waals surface area (Å²) in [5.74, 6) is 1.13. The highest BCUT2D eigenvalue weighted by Gasteiger charge is 2.31. The highest BCUT2D eigenvalue weighted by Crippen LogP contribution is 2.28. The summed E-state index contributed by atoms with van der Waals surface area (Å²) in [4.78, 5) is 0. The van der Waals surface area contributed by atoms with E-state index in [1.54, 1.807) is 4.31 Å². The Morgan fingerprint density at radius 1 is 1.15 bits per heavy atom. The molecular formula is C14H29N3O2S. The van der Waals surface area contributed by atoms with Gasteiger partial charge in [-0.2, -0.15) is 17.4 Å². The molecule has 1 atom stereocenters. The molecule has 0 amide bonds. The Labute approximate surface area is 123 Å². The van der Waals surface area contributed by atoms with Crippen LogP contribution in [0.1, 0.15) is 45.4 Å². The van der Waals surface area contributed by atoms with E-state index in [2.05, 4.69) is 10.0 Å². The highest BCUT2D eigenvalue weighted by molar-refractivity contribution is 7.87. The van der Waals surface area contributed by atoms with Crippen LogP contribution in [0, 0.1) is 11.8 Å². The first-order chi connectivity index (χ1) is 9.53. The summed E-state index contributed by atoms with van der Waals surface area (Å²) in [6, 6.07) is 0.0672. The van der Waals surface area contributed by atoms with E-state index in [-0.39, 0.29) is 6.04 Å². The smallest absolute Gasteiger partial charge is 0.279 e. The molecule has 0 aromatic carbocycles. The molecule has 0 spiro atoms. The van der Waals surface area contributed by atoms with E-state index in [1.165, 1.54) is 12.8 Å². The number of nitrogens with zero attached hydrogens (tertiary/aromatic N) is 1. The van der Waals surface area contributed by atoms with Crippen LogP contribution >= 0.6 is 0 Å². The van der Waals surface area contributed by atoms with Gasteiger partial charge in [-0.1, -0.05) is 12.8 Å². The number of rotatable bonds is 6. The van der Waals surface area contributed by atoms with Crippen molar-refractivity contribution in [3.8, 4) is 0 Å². The topological polar surface area (TPSA) is 61.4 Å². The molecular weight excluding hydrogens is 274 g/mol. The lowest BCUT2D eigenvalue weighted by Crippen LogP contribution is -2.49. The molecule has 1 saturated carbocycles. The largest absolute Gasteiger partial charge is 0.319 e. The van der Waals surface area contributed by atoms with Gasteiger partial charge in [0.15, 0.2) is 0 Å². The molecule has 1 unspecified atom stereocenters. The van der Waals surface area contributed by atoms with Gasteiger partial charge in [-0.05, 0) is 58.0 Å². The third-order valence-corrected chi connectivity index (χ3v) is 6.56. The summed E-state index contributed by atoms with van der Waals surface area (Å²) in [6.45, 7) is 4.30. The minimum absolute atomic E-state index is 0.0672. The maximum absolute atomic E-state index is 12.4. The van der Waals surface area contributed by atoms with Crippen molar-refractivity contribution >= 4 is 10.2 Å². The van der Waals surface area contributed by atoms with Crippen LogP contribution in [0.4, 0.5) is 0 Å². The highest BCUT2D eigenvalue weighted by atomic mass is 32.2. The Morgan fingerprint density at radius 3 is 2.30 bits per heavy atom. The first-order valence-corrected chi connectivity index (χ1v) is 9.39. The van der Waals surface area contributed by atoms with Gasteiger partial charge in [0.1, 0.15) is 0 Å². The molecule has 118 valence electrons. The minimum Gasteiger partial charge on any atom is -0.319 e. The molecule has 0 aromatic rings. The average Bonchev–Trinajstić information content (AvgIpc) is 2.93. The molecule has 0 radical (unpaired) electrons. The van der Waals surface area contributed by atoms with Crippen LogP contribution in [0.2, 0.25) is 0 Å². The molecule has 2 fully saturated rings. The molecule has 20 heavy (non-hydrogen) atoms. The summed E-state index contributed by atoms with van der Waals surface area (Å²) in [7, 11) is -1.34. The van der Waals surface area contributed by atoms with Crippen molar-refractivity contribution in [2.24, 2.45) is 11.8 Å². The van der Waals surface area contributed by atoms with Gasteiger partial charge in [-0.15, -0.1) is 0 Å². The zero-order valence-electron chi connectivity index (χ0n) is 12.8. The summed E-state index contributed by atoms with van der Waals surface area (Å²) in [5, 5.41) is 3.18. The molecule has 1 saturated heterocycles. The lowest BCUT2D eigenvalue weighted by molar-refractivity contribution is 0.265. The van der Waals surface area contributed by atoms with E-state index < -0.39 is 10.2 Å². The molecule has 0 bridgehead atoms. The van der Waals surface area contributed by atoms with E-state index in [4.69, 9.17) is 0 Å². The molecule has 1 heterocycles. The fourth-order valence-electron chi connectivity index (χ4n) is 3.51. The SMILES string of the molecule is CNCC1CCN(S(=O)(=O)NC(C)C2CCCC2)CC1. The van der Waals surface area contributed by atoms with E-state index >= 15 is 0 Å². The number of hydrogen-bond acceptors (Lipinski definition) is 3. The van der Waals surface area contributed by atoms with Crippen LogP contribution in [-0.2, 0) is 10.2 Å². The van der Waals surface area contributed by atoms with Crippen LogP contribution in [0.3, 0.4) is 0 Å². The van der Waals surface area contributed by atoms with E-state index in [1.807, 2.05) is 14.0 Å². The van der Waals surface area contributed by atoms with Gasteiger partial charge in [-0.25, -0.2) is 0 Å². The number of hydrogen-bond donors (Lipinski definition) is 2. The Kier molecular flexibility index (Phi) is 5.84. The van der Waals surface area contributed by atoms with Gasteiger partial charge in [0.05, 0.1) is 0 Å². The zero-order chi connectivity index (χ0) is 14.6. The summed E-state index contributed by atoms with van der Waals surface area (Å²) >= 11 is 0. The lowest BCUT2D eigenvalue weighted by atomic mass is 9.98. The Hall–Kier alpha value is -0.170. The molecule has 5 nitrogen and oxygen atoms in total. The Bertz CT molecular complexity index is 385. The molecule has 6 heteroatoms. The number of piperidine rings is 1. The second kappa shape index (κ2) is 7.20. The normalized spacial score (nSPS) is 25.1. The third-order valence-electron chi connectivity index (χ3n) is 4.85. The van der Waals surface area contributed by atoms with Crippen molar-refractivity contribution in [2.45, 2.75) is 51.5 Å². The molecule has 0 aromatic heterocycles. The van der Waals surface area contributed by atoms with E-state index in [0.29, 0.717) is 24.9 Å². The van der Waals surface area contributed by atoms with Crippen molar-refractivity contribution in [1.82, 2.24) is 14.3 Å². The maximum atomic E-state index is 12.4. The van der Waals surface area contributed by atoms with E-state index in [9.17, 15) is 8.42 Å². The fourth-order valence-corrected chi connectivity index (χ4v) is 5.01. The van der Waals surface area contributed by atoms with Crippen LogP contribution in [0.5, 0.6) is 0 Å². The van der Waals surface area contributed by atoms with Crippen molar-refractivity contribution in [3.05, 3.63) is 0 Å². The van der Waals surface area contributed by atoms with Crippen molar-refractivity contribution in [2.75, 3.05) is 26.7 Å². The summed E-state index contributed by atoms with van der Waals surface area (Å²) in [5.41, 5.74) is 0. The van der Waals surface area contributed by atoms with Gasteiger partial charge in [0.25, 0.3) is 10.2 Å². The molecule has 2 aliphatic rings. The monoisotopic (exact) mass is 303 g/mol. The Morgan fingerprint density at radius 2 is 1.75 bits per heavy atom. The molecule has 1 aliphatic heterocycles. The minimum atomic E-state index is -3.30. The van der Waals surface area contributed by atoms with Gasteiger partial charge >= 0.3 is 0 Å². The maximum Gasteiger partial charge on any atom is 0.279 e. The summed E-state index contributed by atoms with van der Waals surface area (Å²) in [6.07, 6.45) is 6.72. The van der Waals surface area contributed by atoms with E-state index in [0.717, 1.165) is 32.2 Å². The summed E-state index contributed by atoms with van der Waals surface area (Å²) < 4.78 is 29.4. The second-order valence-electron chi connectivity index (χ2n) is 6.36. The van der Waals surface area contributed by atoms with Crippen LogP contribution in [0.25, 0.3) is 0 Å². The first kappa shape index (κ1) is 16.2. The van der Waals surface area contributed by atoms with Gasteiger partial charge in [0, 0.05) is 19.1 Å². The third kappa shape index (κ3) is 4.16.